The van der Waals surface area contributed by atoms with Gasteiger partial charge in [0, 0.05) is 13.2 Å². The molecule has 0 unspecified atom stereocenters. The smallest absolute Gasteiger partial charge is 0.243 e. The molecule has 0 radical (unpaired) electrons. The minimum absolute atomic E-state index is 0.0783. The van der Waals surface area contributed by atoms with Crippen molar-refractivity contribution in [2.75, 3.05) is 59.5 Å². The van der Waals surface area contributed by atoms with Crippen LogP contribution in [-0.4, -0.2) is 70.5 Å². The van der Waals surface area contributed by atoms with E-state index in [1.165, 1.54) is 0 Å². The Morgan fingerprint density at radius 1 is 0.833 bits per heavy atom. The summed E-state index contributed by atoms with van der Waals surface area (Å²) in [5, 5.41) is 8.49. The first-order valence-corrected chi connectivity index (χ1v) is 5.97. The van der Waals surface area contributed by atoms with Crippen LogP contribution in [0.4, 0.5) is 0 Å². The molecule has 1 amide bonds. The minimum atomic E-state index is -0.487. The molecule has 7 nitrogen and oxygen atoms in total. The molecule has 0 saturated heterocycles. The van der Waals surface area contributed by atoms with E-state index in [-0.39, 0.29) is 13.2 Å². The van der Waals surface area contributed by atoms with Gasteiger partial charge in [0.25, 0.3) is 0 Å². The standard InChI is InChI=1S/C11H23NO6/c12-11(14)10-18-9-8-17-7-6-16-5-4-15-3-1-2-13/h13H,1-10H2,(H2,12,14). The monoisotopic (exact) mass is 265 g/mol. The number of ether oxygens (including phenoxy) is 4. The van der Waals surface area contributed by atoms with Gasteiger partial charge in [-0.15, -0.1) is 0 Å². The first-order chi connectivity index (χ1) is 8.77. The Balaban J connectivity index is 2.92. The van der Waals surface area contributed by atoms with E-state index in [1.807, 2.05) is 0 Å². The van der Waals surface area contributed by atoms with E-state index < -0.39 is 5.91 Å². The van der Waals surface area contributed by atoms with Crippen molar-refractivity contribution in [1.29, 1.82) is 0 Å². The van der Waals surface area contributed by atoms with E-state index >= 15 is 0 Å². The lowest BCUT2D eigenvalue weighted by Gasteiger charge is -2.06. The average molecular weight is 265 g/mol. The second kappa shape index (κ2) is 14.3. The number of primary amides is 1. The number of hydrogen-bond donors (Lipinski definition) is 2. The zero-order valence-corrected chi connectivity index (χ0v) is 10.6. The maximum Gasteiger partial charge on any atom is 0.243 e. The van der Waals surface area contributed by atoms with Gasteiger partial charge in [-0.25, -0.2) is 0 Å². The van der Waals surface area contributed by atoms with Crippen LogP contribution in [0, 0.1) is 0 Å². The molecule has 0 aromatic carbocycles. The molecule has 108 valence electrons. The van der Waals surface area contributed by atoms with Crippen molar-refractivity contribution in [2.45, 2.75) is 6.42 Å². The zero-order valence-electron chi connectivity index (χ0n) is 10.6. The molecule has 0 fully saturated rings. The lowest BCUT2D eigenvalue weighted by molar-refractivity contribution is -0.123. The first-order valence-electron chi connectivity index (χ1n) is 5.97. The first kappa shape index (κ1) is 17.3. The topological polar surface area (TPSA) is 100 Å². The molecule has 0 aromatic rings. The van der Waals surface area contributed by atoms with E-state index in [1.54, 1.807) is 0 Å². The fourth-order valence-electron chi connectivity index (χ4n) is 0.999. The number of aliphatic hydroxyl groups excluding tert-OH is 1. The maximum atomic E-state index is 10.3. The number of rotatable bonds is 14. The lowest BCUT2D eigenvalue weighted by atomic mass is 10.5. The Morgan fingerprint density at radius 3 is 1.72 bits per heavy atom. The second-order valence-corrected chi connectivity index (χ2v) is 3.43. The number of carbonyl (C=O) groups excluding carboxylic acids is 1. The highest BCUT2D eigenvalue weighted by Crippen LogP contribution is 1.84. The molecule has 0 spiro atoms. The van der Waals surface area contributed by atoms with Crippen molar-refractivity contribution < 1.29 is 28.8 Å². The molecule has 0 aliphatic carbocycles. The van der Waals surface area contributed by atoms with Gasteiger partial charge in [0.15, 0.2) is 0 Å². The van der Waals surface area contributed by atoms with Gasteiger partial charge in [-0.3, -0.25) is 4.79 Å². The molecule has 0 aliphatic heterocycles. The van der Waals surface area contributed by atoms with Crippen LogP contribution in [0.5, 0.6) is 0 Å². The van der Waals surface area contributed by atoms with Gasteiger partial charge in [-0.05, 0) is 6.42 Å². The van der Waals surface area contributed by atoms with Crippen molar-refractivity contribution in [2.24, 2.45) is 5.73 Å². The van der Waals surface area contributed by atoms with Crippen molar-refractivity contribution in [1.82, 2.24) is 0 Å². The number of carbonyl (C=O) groups is 1. The summed E-state index contributed by atoms with van der Waals surface area (Å²) < 4.78 is 20.5. The molecule has 0 bridgehead atoms. The Kier molecular flexibility index (Phi) is 13.8. The maximum absolute atomic E-state index is 10.3. The van der Waals surface area contributed by atoms with Crippen molar-refractivity contribution >= 4 is 5.91 Å². The third-order valence-electron chi connectivity index (χ3n) is 1.81. The average Bonchev–Trinajstić information content (AvgIpc) is 2.34. The van der Waals surface area contributed by atoms with Crippen LogP contribution in [0.3, 0.4) is 0 Å². The molecule has 0 aliphatic rings. The second-order valence-electron chi connectivity index (χ2n) is 3.43. The number of aliphatic hydroxyl groups is 1. The van der Waals surface area contributed by atoms with Gasteiger partial charge in [0.05, 0.1) is 39.6 Å². The van der Waals surface area contributed by atoms with Crippen LogP contribution in [-0.2, 0) is 23.7 Å². The van der Waals surface area contributed by atoms with Crippen molar-refractivity contribution in [3.8, 4) is 0 Å². The van der Waals surface area contributed by atoms with Gasteiger partial charge >= 0.3 is 0 Å². The van der Waals surface area contributed by atoms with E-state index in [9.17, 15) is 4.79 Å². The lowest BCUT2D eigenvalue weighted by Crippen LogP contribution is -2.20. The van der Waals surface area contributed by atoms with Crippen molar-refractivity contribution in [3.05, 3.63) is 0 Å². The van der Waals surface area contributed by atoms with E-state index in [2.05, 4.69) is 0 Å². The largest absolute Gasteiger partial charge is 0.396 e. The summed E-state index contributed by atoms with van der Waals surface area (Å²) in [7, 11) is 0. The third-order valence-corrected chi connectivity index (χ3v) is 1.81. The number of amides is 1. The molecule has 0 rings (SSSR count). The van der Waals surface area contributed by atoms with Gasteiger partial charge in [0.1, 0.15) is 6.61 Å². The minimum Gasteiger partial charge on any atom is -0.396 e. The normalized spacial score (nSPS) is 10.7. The summed E-state index contributed by atoms with van der Waals surface area (Å²) in [6, 6.07) is 0. The van der Waals surface area contributed by atoms with Crippen LogP contribution in [0.2, 0.25) is 0 Å². The van der Waals surface area contributed by atoms with Crippen LogP contribution < -0.4 is 5.73 Å². The van der Waals surface area contributed by atoms with Crippen LogP contribution in [0.25, 0.3) is 0 Å². The Bertz CT molecular complexity index is 190. The highest BCUT2D eigenvalue weighted by molar-refractivity contribution is 5.74. The highest BCUT2D eigenvalue weighted by atomic mass is 16.6. The summed E-state index contributed by atoms with van der Waals surface area (Å²) >= 11 is 0. The molecule has 0 atom stereocenters. The summed E-state index contributed by atoms with van der Waals surface area (Å²) in [4.78, 5) is 10.3. The fraction of sp³-hybridized carbons (Fsp3) is 0.909. The van der Waals surface area contributed by atoms with Crippen LogP contribution in [0.15, 0.2) is 0 Å². The molecule has 3 N–H and O–H groups in total. The molecular weight excluding hydrogens is 242 g/mol. The Morgan fingerprint density at radius 2 is 1.28 bits per heavy atom. The Labute approximate surface area is 107 Å². The molecule has 0 aromatic heterocycles. The SMILES string of the molecule is NC(=O)COCCOCCOCCOCCCO. The molecule has 0 saturated carbocycles. The number of nitrogens with two attached hydrogens (primary N) is 1. The Hall–Kier alpha value is -0.730. The van der Waals surface area contributed by atoms with E-state index in [0.717, 1.165) is 0 Å². The predicted octanol–water partition coefficient (Wildman–Crippen LogP) is -1.08. The predicted molar refractivity (Wildman–Crippen MR) is 64.2 cm³/mol. The zero-order chi connectivity index (χ0) is 13.5. The summed E-state index contributed by atoms with van der Waals surface area (Å²) in [5.41, 5.74) is 4.88. The van der Waals surface area contributed by atoms with Crippen LogP contribution in [0.1, 0.15) is 6.42 Å². The van der Waals surface area contributed by atoms with Gasteiger partial charge in [-0.2, -0.15) is 0 Å². The van der Waals surface area contributed by atoms with Gasteiger partial charge in [-0.1, -0.05) is 0 Å². The highest BCUT2D eigenvalue weighted by Gasteiger charge is 1.94. The van der Waals surface area contributed by atoms with E-state index in [4.69, 9.17) is 29.8 Å². The number of hydrogen-bond acceptors (Lipinski definition) is 6. The summed E-state index contributed by atoms with van der Waals surface area (Å²) in [6.07, 6.45) is 0.647. The van der Waals surface area contributed by atoms with Crippen LogP contribution >= 0.6 is 0 Å². The van der Waals surface area contributed by atoms with E-state index in [0.29, 0.717) is 52.7 Å². The van der Waals surface area contributed by atoms with Gasteiger partial charge in [0.2, 0.25) is 5.91 Å². The van der Waals surface area contributed by atoms with Gasteiger partial charge < -0.3 is 29.8 Å². The third kappa shape index (κ3) is 15.3. The molecular formula is C11H23NO6. The molecule has 0 heterocycles. The quantitative estimate of drug-likeness (QED) is 0.388. The summed E-state index contributed by atoms with van der Waals surface area (Å²) in [5.74, 6) is -0.487. The van der Waals surface area contributed by atoms with Crippen molar-refractivity contribution in [3.63, 3.8) is 0 Å². The fourth-order valence-corrected chi connectivity index (χ4v) is 0.999. The molecule has 7 heteroatoms. The summed E-state index contributed by atoms with van der Waals surface area (Å²) in [6.45, 7) is 3.34. The molecule has 18 heavy (non-hydrogen) atoms.